The van der Waals surface area contributed by atoms with Crippen molar-refractivity contribution in [3.8, 4) is 6.07 Å². The van der Waals surface area contributed by atoms with Crippen LogP contribution in [0.4, 0.5) is 0 Å². The maximum absolute atomic E-state index is 9.54. The van der Waals surface area contributed by atoms with Crippen LogP contribution in [0.15, 0.2) is 0 Å². The molecule has 1 saturated heterocycles. The zero-order valence-corrected chi connectivity index (χ0v) is 12.8. The second kappa shape index (κ2) is 6.45. The minimum atomic E-state index is 0.249. The number of morpholine rings is 1. The van der Waals surface area contributed by atoms with Gasteiger partial charge in [-0.3, -0.25) is 4.90 Å². The minimum absolute atomic E-state index is 0.249. The third kappa shape index (κ3) is 2.73. The van der Waals surface area contributed by atoms with Gasteiger partial charge in [0.15, 0.2) is 0 Å². The highest BCUT2D eigenvalue weighted by Crippen LogP contribution is 2.38. The van der Waals surface area contributed by atoms with Gasteiger partial charge in [0.2, 0.25) is 0 Å². The molecule has 3 nitrogen and oxygen atoms in total. The maximum atomic E-state index is 9.54. The van der Waals surface area contributed by atoms with Gasteiger partial charge in [-0.05, 0) is 38.0 Å². The van der Waals surface area contributed by atoms with Crippen LogP contribution in [0.1, 0.15) is 58.3 Å². The molecular weight excluding hydrogens is 248 g/mol. The molecule has 0 spiro atoms. The molecule has 3 rings (SSSR count). The van der Waals surface area contributed by atoms with E-state index < -0.39 is 0 Å². The van der Waals surface area contributed by atoms with Crippen LogP contribution in [0.25, 0.3) is 0 Å². The predicted octanol–water partition coefficient (Wildman–Crippen LogP) is 3.35. The van der Waals surface area contributed by atoms with Crippen LogP contribution in [-0.4, -0.2) is 36.2 Å². The molecule has 3 fully saturated rings. The summed E-state index contributed by atoms with van der Waals surface area (Å²) in [4.78, 5) is 2.68. The summed E-state index contributed by atoms with van der Waals surface area (Å²) in [5.41, 5.74) is 0. The molecule has 0 radical (unpaired) electrons. The Morgan fingerprint density at radius 2 is 2.00 bits per heavy atom. The van der Waals surface area contributed by atoms with E-state index in [-0.39, 0.29) is 5.92 Å². The number of fused-ring (bicyclic) bond motifs is 1. The van der Waals surface area contributed by atoms with Gasteiger partial charge in [0.05, 0.1) is 24.7 Å². The Kier molecular flexibility index (Phi) is 4.63. The Balaban J connectivity index is 1.75. The van der Waals surface area contributed by atoms with E-state index in [9.17, 15) is 5.26 Å². The molecule has 3 heteroatoms. The van der Waals surface area contributed by atoms with E-state index in [0.717, 1.165) is 25.5 Å². The van der Waals surface area contributed by atoms with E-state index in [1.165, 1.54) is 44.9 Å². The van der Waals surface area contributed by atoms with E-state index in [1.54, 1.807) is 0 Å². The van der Waals surface area contributed by atoms with Gasteiger partial charge in [0.1, 0.15) is 0 Å². The summed E-state index contributed by atoms with van der Waals surface area (Å²) >= 11 is 0. The standard InChI is InChI=1S/C17H28N2O/c1-2-13-7-8-14(12-18)16(11-13)19-9-10-20-17-6-4-3-5-15(17)19/h13-17H,2-11H2,1H3. The first kappa shape index (κ1) is 14.4. The van der Waals surface area contributed by atoms with E-state index in [1.807, 2.05) is 0 Å². The summed E-state index contributed by atoms with van der Waals surface area (Å²) < 4.78 is 6.00. The second-order valence-electron chi connectivity index (χ2n) is 6.89. The molecule has 2 aliphatic carbocycles. The monoisotopic (exact) mass is 276 g/mol. The molecule has 3 aliphatic rings. The first-order chi connectivity index (χ1) is 9.83. The fourth-order valence-electron chi connectivity index (χ4n) is 4.66. The van der Waals surface area contributed by atoms with Crippen molar-refractivity contribution in [2.45, 2.75) is 76.5 Å². The lowest BCUT2D eigenvalue weighted by Crippen LogP contribution is -2.58. The average molecular weight is 276 g/mol. The highest BCUT2D eigenvalue weighted by atomic mass is 16.5. The van der Waals surface area contributed by atoms with E-state index in [2.05, 4.69) is 17.9 Å². The minimum Gasteiger partial charge on any atom is -0.375 e. The van der Waals surface area contributed by atoms with Gasteiger partial charge in [-0.15, -0.1) is 0 Å². The van der Waals surface area contributed by atoms with Crippen molar-refractivity contribution in [1.82, 2.24) is 4.90 Å². The molecule has 0 aromatic rings. The molecule has 1 aliphatic heterocycles. The summed E-state index contributed by atoms with van der Waals surface area (Å²) in [7, 11) is 0. The van der Waals surface area contributed by atoms with Crippen LogP contribution in [-0.2, 0) is 4.74 Å². The summed E-state index contributed by atoms with van der Waals surface area (Å²) in [6, 6.07) is 3.69. The van der Waals surface area contributed by atoms with Crippen molar-refractivity contribution in [2.75, 3.05) is 13.2 Å². The summed E-state index contributed by atoms with van der Waals surface area (Å²) in [6.45, 7) is 4.21. The van der Waals surface area contributed by atoms with Crippen LogP contribution in [0.3, 0.4) is 0 Å². The van der Waals surface area contributed by atoms with E-state index in [4.69, 9.17) is 4.74 Å². The van der Waals surface area contributed by atoms with Crippen LogP contribution in [0.2, 0.25) is 0 Å². The normalized spacial score (nSPS) is 42.7. The van der Waals surface area contributed by atoms with Crippen molar-refractivity contribution in [1.29, 1.82) is 5.26 Å². The van der Waals surface area contributed by atoms with Crippen molar-refractivity contribution >= 4 is 0 Å². The summed E-state index contributed by atoms with van der Waals surface area (Å²) in [5.74, 6) is 1.08. The number of nitriles is 1. The Morgan fingerprint density at radius 1 is 1.15 bits per heavy atom. The lowest BCUT2D eigenvalue weighted by molar-refractivity contribution is -0.114. The fourth-order valence-corrected chi connectivity index (χ4v) is 4.66. The Morgan fingerprint density at radius 3 is 2.80 bits per heavy atom. The van der Waals surface area contributed by atoms with Gasteiger partial charge in [-0.2, -0.15) is 5.26 Å². The second-order valence-corrected chi connectivity index (χ2v) is 6.89. The molecule has 0 amide bonds. The highest BCUT2D eigenvalue weighted by Gasteiger charge is 2.42. The Hall–Kier alpha value is -0.590. The predicted molar refractivity (Wildman–Crippen MR) is 79.2 cm³/mol. The van der Waals surface area contributed by atoms with Crippen molar-refractivity contribution in [2.24, 2.45) is 11.8 Å². The number of hydrogen-bond donors (Lipinski definition) is 0. The van der Waals surface area contributed by atoms with Crippen LogP contribution >= 0.6 is 0 Å². The molecule has 1 heterocycles. The summed E-state index contributed by atoms with van der Waals surface area (Å²) in [6.07, 6.45) is 10.5. The van der Waals surface area contributed by atoms with Gasteiger partial charge in [-0.1, -0.05) is 26.2 Å². The highest BCUT2D eigenvalue weighted by molar-refractivity contribution is 5.01. The topological polar surface area (TPSA) is 36.3 Å². The molecule has 0 aromatic heterocycles. The molecule has 0 aromatic carbocycles. The molecule has 0 bridgehead atoms. The third-order valence-corrected chi connectivity index (χ3v) is 5.87. The molecule has 2 saturated carbocycles. The summed E-state index contributed by atoms with van der Waals surface area (Å²) in [5, 5.41) is 9.54. The fraction of sp³-hybridized carbons (Fsp3) is 0.941. The quantitative estimate of drug-likeness (QED) is 0.776. The van der Waals surface area contributed by atoms with Crippen LogP contribution < -0.4 is 0 Å². The Labute approximate surface area is 123 Å². The van der Waals surface area contributed by atoms with E-state index in [0.29, 0.717) is 18.2 Å². The molecule has 112 valence electrons. The first-order valence-corrected chi connectivity index (χ1v) is 8.60. The molecular formula is C17H28N2O. The number of hydrogen-bond acceptors (Lipinski definition) is 3. The first-order valence-electron chi connectivity index (χ1n) is 8.60. The number of ether oxygens (including phenoxy) is 1. The molecule has 5 unspecified atom stereocenters. The van der Waals surface area contributed by atoms with Crippen molar-refractivity contribution < 1.29 is 4.74 Å². The number of rotatable bonds is 2. The Bertz CT molecular complexity index is 362. The van der Waals surface area contributed by atoms with Crippen LogP contribution in [0, 0.1) is 23.2 Å². The van der Waals surface area contributed by atoms with Gasteiger partial charge < -0.3 is 4.74 Å². The molecule has 0 N–H and O–H groups in total. The van der Waals surface area contributed by atoms with E-state index >= 15 is 0 Å². The van der Waals surface area contributed by atoms with Crippen molar-refractivity contribution in [3.05, 3.63) is 0 Å². The molecule has 20 heavy (non-hydrogen) atoms. The smallest absolute Gasteiger partial charge is 0.0731 e. The third-order valence-electron chi connectivity index (χ3n) is 5.87. The van der Waals surface area contributed by atoms with Gasteiger partial charge >= 0.3 is 0 Å². The SMILES string of the molecule is CCC1CCC(C#N)C(N2CCOC3CCCCC32)C1. The zero-order chi connectivity index (χ0) is 13.9. The zero-order valence-electron chi connectivity index (χ0n) is 12.8. The molecule has 5 atom stereocenters. The van der Waals surface area contributed by atoms with Crippen molar-refractivity contribution in [3.63, 3.8) is 0 Å². The largest absolute Gasteiger partial charge is 0.375 e. The van der Waals surface area contributed by atoms with Crippen LogP contribution in [0.5, 0.6) is 0 Å². The lowest BCUT2D eigenvalue weighted by Gasteiger charge is -2.50. The van der Waals surface area contributed by atoms with Gasteiger partial charge in [-0.25, -0.2) is 0 Å². The maximum Gasteiger partial charge on any atom is 0.0731 e. The lowest BCUT2D eigenvalue weighted by atomic mass is 9.75. The number of nitrogens with zero attached hydrogens (tertiary/aromatic N) is 2. The van der Waals surface area contributed by atoms with Gasteiger partial charge in [0.25, 0.3) is 0 Å². The van der Waals surface area contributed by atoms with Gasteiger partial charge in [0, 0.05) is 18.6 Å². The average Bonchev–Trinajstić information content (AvgIpc) is 2.53.